The van der Waals surface area contributed by atoms with Gasteiger partial charge in [0.25, 0.3) is 0 Å². The van der Waals surface area contributed by atoms with Crippen LogP contribution in [0.4, 0.5) is 19.0 Å². The van der Waals surface area contributed by atoms with Gasteiger partial charge < -0.3 is 19.8 Å². The van der Waals surface area contributed by atoms with Gasteiger partial charge in [-0.1, -0.05) is 17.7 Å². The quantitative estimate of drug-likeness (QED) is 0.268. The molecule has 4 aromatic rings. The molecule has 45 heavy (non-hydrogen) atoms. The highest BCUT2D eigenvalue weighted by atomic mass is 35.5. The smallest absolute Gasteiger partial charge is 0.319 e. The van der Waals surface area contributed by atoms with Crippen LogP contribution in [0.3, 0.4) is 0 Å². The molecule has 0 bridgehead atoms. The van der Waals surface area contributed by atoms with Crippen LogP contribution in [0.1, 0.15) is 44.9 Å². The molecule has 2 aromatic carbocycles. The van der Waals surface area contributed by atoms with Crippen LogP contribution in [0.15, 0.2) is 30.5 Å². The van der Waals surface area contributed by atoms with Crippen molar-refractivity contribution in [1.29, 1.82) is 0 Å². The normalized spacial score (nSPS) is 28.2. The number of hydrogen-bond acceptors (Lipinski definition) is 8. The van der Waals surface area contributed by atoms with E-state index in [2.05, 4.69) is 19.8 Å². The highest BCUT2D eigenvalue weighted by Crippen LogP contribution is 2.49. The third kappa shape index (κ3) is 4.77. The maximum atomic E-state index is 16.7. The number of nitrogens with zero attached hydrogens (tertiary/aromatic N) is 5. The first-order valence-corrected chi connectivity index (χ1v) is 15.9. The van der Waals surface area contributed by atoms with Crippen LogP contribution in [0.25, 0.3) is 32.9 Å². The number of ether oxygens (including phenoxy) is 1. The van der Waals surface area contributed by atoms with Crippen LogP contribution < -0.4 is 9.64 Å². The molecule has 2 atom stereocenters. The zero-order valence-corrected chi connectivity index (χ0v) is 25.3. The Balaban J connectivity index is 1.26. The second-order valence-corrected chi connectivity index (χ2v) is 13.8. The van der Waals surface area contributed by atoms with Crippen LogP contribution >= 0.6 is 11.6 Å². The number of fused-ring (bicyclic) bond motifs is 3. The van der Waals surface area contributed by atoms with Gasteiger partial charge in [-0.3, -0.25) is 9.88 Å². The van der Waals surface area contributed by atoms with E-state index in [1.165, 1.54) is 30.5 Å². The summed E-state index contributed by atoms with van der Waals surface area (Å²) in [6.45, 7) is 2.69. The summed E-state index contributed by atoms with van der Waals surface area (Å²) in [5.41, 5.74) is -0.546. The molecule has 1 saturated carbocycles. The van der Waals surface area contributed by atoms with E-state index in [4.69, 9.17) is 21.3 Å². The Kier molecular flexibility index (Phi) is 6.82. The number of anilines is 1. The van der Waals surface area contributed by atoms with Gasteiger partial charge in [0, 0.05) is 43.2 Å². The Bertz CT molecular complexity index is 1830. The van der Waals surface area contributed by atoms with E-state index >= 15 is 4.39 Å². The Morgan fingerprint density at radius 2 is 1.89 bits per heavy atom. The highest BCUT2D eigenvalue weighted by molar-refractivity contribution is 6.37. The van der Waals surface area contributed by atoms with E-state index in [9.17, 15) is 19.0 Å². The Morgan fingerprint density at radius 3 is 2.71 bits per heavy atom. The van der Waals surface area contributed by atoms with Crippen LogP contribution in [0, 0.1) is 17.0 Å². The number of aliphatic hydroxyl groups excluding tert-OH is 1. The number of aromatic nitrogens is 3. The molecule has 5 heterocycles. The summed E-state index contributed by atoms with van der Waals surface area (Å²) in [5.74, 6) is -1.14. The fourth-order valence-corrected chi connectivity index (χ4v) is 8.67. The predicted molar refractivity (Wildman–Crippen MR) is 165 cm³/mol. The van der Waals surface area contributed by atoms with Crippen molar-refractivity contribution < 1.29 is 28.1 Å². The van der Waals surface area contributed by atoms with E-state index in [0.717, 1.165) is 32.2 Å². The first kappa shape index (κ1) is 29.0. The van der Waals surface area contributed by atoms with Crippen molar-refractivity contribution in [3.8, 4) is 23.0 Å². The van der Waals surface area contributed by atoms with Crippen molar-refractivity contribution in [2.24, 2.45) is 5.41 Å². The van der Waals surface area contributed by atoms with Gasteiger partial charge in [-0.05, 0) is 74.1 Å². The summed E-state index contributed by atoms with van der Waals surface area (Å²) in [7, 11) is 0. The fourth-order valence-electron chi connectivity index (χ4n) is 8.39. The Morgan fingerprint density at radius 1 is 1.07 bits per heavy atom. The number of piperidine rings is 1. The molecule has 1 spiro atoms. The number of pyridine rings is 1. The zero-order valence-electron chi connectivity index (χ0n) is 24.6. The molecule has 236 valence electrons. The minimum Gasteiger partial charge on any atom is -0.508 e. The zero-order chi connectivity index (χ0) is 31.1. The third-order valence-electron chi connectivity index (χ3n) is 10.4. The van der Waals surface area contributed by atoms with E-state index in [-0.39, 0.29) is 57.1 Å². The average molecular weight is 640 g/mol. The second-order valence-electron chi connectivity index (χ2n) is 13.4. The second kappa shape index (κ2) is 10.6. The molecule has 0 unspecified atom stereocenters. The van der Waals surface area contributed by atoms with Gasteiger partial charge in [0.1, 0.15) is 41.4 Å². The van der Waals surface area contributed by atoms with Crippen LogP contribution in [-0.4, -0.2) is 80.7 Å². The van der Waals surface area contributed by atoms with Crippen LogP contribution in [0.5, 0.6) is 11.8 Å². The lowest BCUT2D eigenvalue weighted by molar-refractivity contribution is -0.0396. The number of aliphatic hydroxyl groups is 1. The van der Waals surface area contributed by atoms with Crippen molar-refractivity contribution >= 4 is 39.1 Å². The molecule has 3 saturated heterocycles. The van der Waals surface area contributed by atoms with Gasteiger partial charge in [0.15, 0.2) is 5.82 Å². The minimum absolute atomic E-state index is 0.0183. The van der Waals surface area contributed by atoms with E-state index in [0.29, 0.717) is 55.5 Å². The molecule has 1 aliphatic carbocycles. The summed E-state index contributed by atoms with van der Waals surface area (Å²) < 4.78 is 52.0. The van der Waals surface area contributed by atoms with Crippen molar-refractivity contribution in [1.82, 2.24) is 19.9 Å². The fraction of sp³-hybridized carbons (Fsp3) is 0.485. The summed E-state index contributed by atoms with van der Waals surface area (Å²) in [6, 6.07) is 5.37. The van der Waals surface area contributed by atoms with Crippen LogP contribution in [0.2, 0.25) is 5.02 Å². The average Bonchev–Trinajstić information content (AvgIpc) is 3.53. The SMILES string of the molecule is Oc1cc(-c2ncc3c(N4CCCC5(CC(O)C5)C4)nc(OC[C@@]45CCCN4C[C@H](F)C5)nc3c2F)c2c(Cl)c(F)ccc2c1. The molecule has 2 N–H and O–H groups in total. The number of phenols is 1. The Labute approximate surface area is 262 Å². The molecule has 3 aliphatic heterocycles. The highest BCUT2D eigenvalue weighted by Gasteiger charge is 2.50. The monoisotopic (exact) mass is 639 g/mol. The number of hydrogen-bond donors (Lipinski definition) is 2. The van der Waals surface area contributed by atoms with Gasteiger partial charge in [-0.2, -0.15) is 9.97 Å². The maximum absolute atomic E-state index is 16.7. The summed E-state index contributed by atoms with van der Waals surface area (Å²) in [5, 5.41) is 21.4. The molecule has 4 fully saturated rings. The lowest BCUT2D eigenvalue weighted by Crippen LogP contribution is -2.52. The first-order chi connectivity index (χ1) is 21.6. The van der Waals surface area contributed by atoms with Gasteiger partial charge in [-0.25, -0.2) is 13.2 Å². The van der Waals surface area contributed by atoms with Crippen molar-refractivity contribution in [2.45, 2.75) is 62.8 Å². The molecule has 12 heteroatoms. The predicted octanol–water partition coefficient (Wildman–Crippen LogP) is 6.18. The van der Waals surface area contributed by atoms with Gasteiger partial charge in [0.2, 0.25) is 0 Å². The third-order valence-corrected chi connectivity index (χ3v) is 10.8. The van der Waals surface area contributed by atoms with Crippen molar-refractivity contribution in [3.63, 3.8) is 0 Å². The lowest BCUT2D eigenvalue weighted by Gasteiger charge is -2.51. The largest absolute Gasteiger partial charge is 0.508 e. The molecule has 0 amide bonds. The number of alkyl halides is 1. The number of benzene rings is 2. The minimum atomic E-state index is -0.927. The number of rotatable bonds is 5. The van der Waals surface area contributed by atoms with Gasteiger partial charge >= 0.3 is 6.01 Å². The first-order valence-electron chi connectivity index (χ1n) is 15.6. The van der Waals surface area contributed by atoms with Crippen LogP contribution in [-0.2, 0) is 0 Å². The maximum Gasteiger partial charge on any atom is 0.319 e. The number of halogens is 4. The molecule has 0 radical (unpaired) electrons. The van der Waals surface area contributed by atoms with Gasteiger partial charge in [-0.15, -0.1) is 0 Å². The van der Waals surface area contributed by atoms with Gasteiger partial charge in [0.05, 0.1) is 22.1 Å². The van der Waals surface area contributed by atoms with Crippen molar-refractivity contribution in [2.75, 3.05) is 37.7 Å². The topological polar surface area (TPSA) is 94.8 Å². The molecule has 4 aliphatic rings. The molecule has 2 aromatic heterocycles. The Hall–Kier alpha value is -3.41. The summed E-state index contributed by atoms with van der Waals surface area (Å²) in [4.78, 5) is 18.0. The summed E-state index contributed by atoms with van der Waals surface area (Å²) >= 11 is 6.36. The molecular formula is C33H33ClF3N5O3. The molecule has 8 rings (SSSR count). The molecular weight excluding hydrogens is 607 g/mol. The summed E-state index contributed by atoms with van der Waals surface area (Å²) in [6.07, 6.45) is 5.66. The standard InChI is InChI=1S/C33H33ClF3N5O3/c34-26-24(36)4-3-18-9-20(43)10-22(25(18)26)28-27(37)29-23(14-38-28)30(41-7-1-5-32(16-41)12-21(44)13-32)40-31(39-29)45-17-33-6-2-8-42(33)15-19(35)11-33/h3-4,9-10,14,19,21,43-44H,1-2,5-8,11-13,15-17H2/t19-,21?,32?,33+/m1/s1. The molecule has 8 nitrogen and oxygen atoms in total. The van der Waals surface area contributed by atoms with Crippen molar-refractivity contribution in [3.05, 3.63) is 47.1 Å². The van der Waals surface area contributed by atoms with E-state index in [1.54, 1.807) is 0 Å². The van der Waals surface area contributed by atoms with E-state index < -0.39 is 23.3 Å². The van der Waals surface area contributed by atoms with E-state index in [1.807, 2.05) is 0 Å². The number of phenolic OH excluding ortho intramolecular Hbond substituents is 1. The number of aromatic hydroxyl groups is 1. The lowest BCUT2D eigenvalue weighted by atomic mass is 9.62.